The molecule has 1 aliphatic rings. The average Bonchev–Trinajstić information content (AvgIpc) is 2.30. The van der Waals surface area contributed by atoms with Gasteiger partial charge in [0.05, 0.1) is 22.1 Å². The number of non-ortho nitro benzene ring substituents is 1. The Morgan fingerprint density at radius 3 is 2.79 bits per heavy atom. The number of benzene rings is 1. The van der Waals surface area contributed by atoms with Gasteiger partial charge in [-0.05, 0) is 34.8 Å². The molecule has 0 aromatic heterocycles. The van der Waals surface area contributed by atoms with Crippen LogP contribution in [0.1, 0.15) is 12.8 Å². The van der Waals surface area contributed by atoms with Gasteiger partial charge in [0, 0.05) is 22.6 Å². The molecule has 1 aromatic carbocycles. The summed E-state index contributed by atoms with van der Waals surface area (Å²) in [6.07, 6.45) is 1.36. The first-order valence-electron chi connectivity index (χ1n) is 5.78. The van der Waals surface area contributed by atoms with E-state index >= 15 is 0 Å². The van der Waals surface area contributed by atoms with E-state index in [1.165, 1.54) is 12.1 Å². The van der Waals surface area contributed by atoms with Crippen molar-refractivity contribution in [2.75, 3.05) is 16.8 Å². The molecule has 0 saturated carbocycles. The number of nitrogens with zero attached hydrogens (tertiary/aromatic N) is 1. The highest BCUT2D eigenvalue weighted by Crippen LogP contribution is 2.29. The quantitative estimate of drug-likeness (QED) is 0.668. The summed E-state index contributed by atoms with van der Waals surface area (Å²) in [5, 5.41) is 13.8. The van der Waals surface area contributed by atoms with Crippen LogP contribution in [-0.4, -0.2) is 30.9 Å². The van der Waals surface area contributed by atoms with E-state index in [1.807, 2.05) is 0 Å². The van der Waals surface area contributed by atoms with Gasteiger partial charge in [-0.25, -0.2) is 8.42 Å². The smallest absolute Gasteiger partial charge is 0.271 e. The zero-order valence-corrected chi connectivity index (χ0v) is 12.4. The Bertz CT molecular complexity index is 603. The third-order valence-corrected chi connectivity index (χ3v) is 5.50. The molecule has 0 radical (unpaired) electrons. The third-order valence-electron chi connectivity index (χ3n) is 2.98. The molecule has 19 heavy (non-hydrogen) atoms. The fourth-order valence-electron chi connectivity index (χ4n) is 2.09. The molecule has 104 valence electrons. The minimum absolute atomic E-state index is 0.0237. The van der Waals surface area contributed by atoms with E-state index in [0.717, 1.165) is 6.42 Å². The van der Waals surface area contributed by atoms with Crippen molar-refractivity contribution in [1.29, 1.82) is 0 Å². The maximum Gasteiger partial charge on any atom is 0.271 e. The molecule has 1 N–H and O–H groups in total. The predicted octanol–water partition coefficient (Wildman–Crippen LogP) is 2.35. The van der Waals surface area contributed by atoms with Crippen molar-refractivity contribution in [1.82, 2.24) is 0 Å². The van der Waals surface area contributed by atoms with Crippen LogP contribution in [0.15, 0.2) is 22.7 Å². The van der Waals surface area contributed by atoms with Crippen LogP contribution < -0.4 is 5.32 Å². The molecule has 1 saturated heterocycles. The van der Waals surface area contributed by atoms with Gasteiger partial charge >= 0.3 is 0 Å². The number of nitro groups is 1. The first-order valence-corrected chi connectivity index (χ1v) is 8.40. The molecule has 1 heterocycles. The van der Waals surface area contributed by atoms with E-state index in [0.29, 0.717) is 16.6 Å². The molecule has 1 atom stereocenters. The zero-order chi connectivity index (χ0) is 14.0. The minimum Gasteiger partial charge on any atom is -0.380 e. The number of hydrogen-bond acceptors (Lipinski definition) is 5. The monoisotopic (exact) mass is 348 g/mol. The number of hydrogen-bond donors (Lipinski definition) is 1. The highest BCUT2D eigenvalue weighted by Gasteiger charge is 2.25. The van der Waals surface area contributed by atoms with E-state index < -0.39 is 14.8 Å². The summed E-state index contributed by atoms with van der Waals surface area (Å²) in [7, 11) is -3.00. The van der Waals surface area contributed by atoms with Crippen LogP contribution in [0.4, 0.5) is 11.4 Å². The normalized spacial score (nSPS) is 21.8. The van der Waals surface area contributed by atoms with Crippen molar-refractivity contribution in [3.8, 4) is 0 Å². The molecule has 0 bridgehead atoms. The second kappa shape index (κ2) is 5.46. The van der Waals surface area contributed by atoms with Gasteiger partial charge in [0.25, 0.3) is 5.69 Å². The van der Waals surface area contributed by atoms with Crippen molar-refractivity contribution in [2.45, 2.75) is 18.9 Å². The first-order chi connectivity index (χ1) is 8.87. The van der Waals surface area contributed by atoms with Crippen molar-refractivity contribution in [3.63, 3.8) is 0 Å². The lowest BCUT2D eigenvalue weighted by molar-refractivity contribution is -0.384. The molecule has 0 spiro atoms. The SMILES string of the molecule is O=[N+]([O-])c1ccc(Br)c(NC2CCCS(=O)(=O)C2)c1. The number of rotatable bonds is 3. The Labute approximate surface area is 119 Å². The largest absolute Gasteiger partial charge is 0.380 e. The van der Waals surface area contributed by atoms with Crippen LogP contribution in [0.5, 0.6) is 0 Å². The molecular formula is C11H13BrN2O4S. The second-order valence-corrected chi connectivity index (χ2v) is 7.60. The topological polar surface area (TPSA) is 89.3 Å². The average molecular weight is 349 g/mol. The third kappa shape index (κ3) is 3.66. The number of nitrogens with one attached hydrogen (secondary N) is 1. The fraction of sp³-hybridized carbons (Fsp3) is 0.455. The Hall–Kier alpha value is -1.15. The van der Waals surface area contributed by atoms with Crippen LogP contribution in [0.2, 0.25) is 0 Å². The van der Waals surface area contributed by atoms with E-state index in [-0.39, 0.29) is 23.2 Å². The summed E-state index contributed by atoms with van der Waals surface area (Å²) < 4.78 is 23.8. The number of nitro benzene ring substituents is 1. The summed E-state index contributed by atoms with van der Waals surface area (Å²) in [6, 6.07) is 4.19. The maximum atomic E-state index is 11.6. The van der Waals surface area contributed by atoms with Crippen molar-refractivity contribution >= 4 is 37.1 Å². The lowest BCUT2D eigenvalue weighted by Crippen LogP contribution is -2.34. The first kappa shape index (κ1) is 14.3. The summed E-state index contributed by atoms with van der Waals surface area (Å²) in [5.74, 6) is 0.295. The summed E-state index contributed by atoms with van der Waals surface area (Å²) in [5.41, 5.74) is 0.528. The van der Waals surface area contributed by atoms with Crippen LogP contribution in [0.25, 0.3) is 0 Å². The molecule has 1 unspecified atom stereocenters. The van der Waals surface area contributed by atoms with Gasteiger partial charge in [-0.2, -0.15) is 0 Å². The fourth-order valence-corrected chi connectivity index (χ4v) is 4.09. The number of sulfone groups is 1. The van der Waals surface area contributed by atoms with Gasteiger partial charge < -0.3 is 5.32 Å². The van der Waals surface area contributed by atoms with Crippen molar-refractivity contribution in [2.24, 2.45) is 0 Å². The Balaban J connectivity index is 2.18. The molecule has 0 aliphatic carbocycles. The Morgan fingerprint density at radius 1 is 1.42 bits per heavy atom. The summed E-state index contributed by atoms with van der Waals surface area (Å²) >= 11 is 3.30. The van der Waals surface area contributed by atoms with Gasteiger partial charge in [0.2, 0.25) is 0 Å². The summed E-state index contributed by atoms with van der Waals surface area (Å²) in [6.45, 7) is 0. The summed E-state index contributed by atoms with van der Waals surface area (Å²) in [4.78, 5) is 10.2. The molecule has 1 aromatic rings. The van der Waals surface area contributed by atoms with E-state index in [2.05, 4.69) is 21.2 Å². The lowest BCUT2D eigenvalue weighted by atomic mass is 10.1. The molecule has 1 aliphatic heterocycles. The standard InChI is InChI=1S/C11H13BrN2O4S/c12-10-4-3-9(14(15)16)6-11(10)13-8-2-1-5-19(17,18)7-8/h3-4,6,8,13H,1-2,5,7H2. The van der Waals surface area contributed by atoms with Gasteiger partial charge in [0.15, 0.2) is 9.84 Å². The molecule has 1 fully saturated rings. The Morgan fingerprint density at radius 2 is 2.16 bits per heavy atom. The predicted molar refractivity (Wildman–Crippen MR) is 76.1 cm³/mol. The number of anilines is 1. The van der Waals surface area contributed by atoms with Crippen LogP contribution in [-0.2, 0) is 9.84 Å². The maximum absolute atomic E-state index is 11.6. The van der Waals surface area contributed by atoms with Gasteiger partial charge in [-0.3, -0.25) is 10.1 Å². The zero-order valence-electron chi connectivity index (χ0n) is 10.0. The van der Waals surface area contributed by atoms with E-state index in [1.54, 1.807) is 6.07 Å². The highest BCUT2D eigenvalue weighted by molar-refractivity contribution is 9.10. The van der Waals surface area contributed by atoms with Gasteiger partial charge in [-0.15, -0.1) is 0 Å². The van der Waals surface area contributed by atoms with Crippen molar-refractivity contribution in [3.05, 3.63) is 32.8 Å². The lowest BCUT2D eigenvalue weighted by Gasteiger charge is -2.24. The number of halogens is 1. The molecule has 0 amide bonds. The highest BCUT2D eigenvalue weighted by atomic mass is 79.9. The van der Waals surface area contributed by atoms with Crippen LogP contribution >= 0.6 is 15.9 Å². The molecule has 8 heteroatoms. The molecular weight excluding hydrogens is 336 g/mol. The molecule has 6 nitrogen and oxygen atoms in total. The van der Waals surface area contributed by atoms with E-state index in [9.17, 15) is 18.5 Å². The van der Waals surface area contributed by atoms with Crippen molar-refractivity contribution < 1.29 is 13.3 Å². The van der Waals surface area contributed by atoms with Gasteiger partial charge in [-0.1, -0.05) is 0 Å². The minimum atomic E-state index is -3.00. The van der Waals surface area contributed by atoms with E-state index in [4.69, 9.17) is 0 Å². The second-order valence-electron chi connectivity index (χ2n) is 4.52. The van der Waals surface area contributed by atoms with Crippen LogP contribution in [0, 0.1) is 10.1 Å². The van der Waals surface area contributed by atoms with Gasteiger partial charge in [0.1, 0.15) is 0 Å². The Kier molecular flexibility index (Phi) is 4.10. The molecule has 2 rings (SSSR count). The van der Waals surface area contributed by atoms with Crippen LogP contribution in [0.3, 0.4) is 0 Å².